The molecule has 1 radical (unpaired) electrons. The number of rotatable bonds is 3. The van der Waals surface area contributed by atoms with Crippen molar-refractivity contribution >= 4 is 21.8 Å². The molecule has 0 aliphatic carbocycles. The van der Waals surface area contributed by atoms with Crippen LogP contribution in [0, 0.1) is 30.6 Å². The van der Waals surface area contributed by atoms with E-state index in [4.69, 9.17) is 4.11 Å². The van der Waals surface area contributed by atoms with Crippen LogP contribution in [0.1, 0.15) is 9.68 Å². The van der Waals surface area contributed by atoms with Crippen LogP contribution in [0.25, 0.3) is 50.0 Å². The first-order valence-corrected chi connectivity index (χ1v) is 12.5. The molecule has 0 saturated carbocycles. The second kappa shape index (κ2) is 12.3. The Labute approximate surface area is 254 Å². The zero-order chi connectivity index (χ0) is 30.0. The van der Waals surface area contributed by atoms with Crippen LogP contribution in [-0.2, 0) is 20.1 Å². The number of hydrogen-bond donors (Lipinski definition) is 0. The third kappa shape index (κ3) is 5.99. The van der Waals surface area contributed by atoms with Crippen molar-refractivity contribution in [1.29, 1.82) is 0 Å². The smallest absolute Gasteiger partial charge is 0.0541 e. The summed E-state index contributed by atoms with van der Waals surface area (Å²) in [5.41, 5.74) is 6.23. The average molecular weight is 719 g/mol. The first kappa shape index (κ1) is 24.3. The summed E-state index contributed by atoms with van der Waals surface area (Å²) < 4.78 is 49.8. The third-order valence-corrected chi connectivity index (χ3v) is 6.44. The maximum absolute atomic E-state index is 13.2. The molecule has 7 rings (SSSR count). The zero-order valence-corrected chi connectivity index (χ0v) is 23.9. The van der Waals surface area contributed by atoms with Gasteiger partial charge >= 0.3 is 0 Å². The summed E-state index contributed by atoms with van der Waals surface area (Å²) in [5.74, 6) is -0.666. The van der Waals surface area contributed by atoms with Crippen molar-refractivity contribution in [3.05, 3.63) is 151 Å². The molecule has 203 valence electrons. The van der Waals surface area contributed by atoms with Crippen LogP contribution >= 0.6 is 0 Å². The van der Waals surface area contributed by atoms with Crippen LogP contribution < -0.4 is 0 Å². The Morgan fingerprint density at radius 3 is 1.95 bits per heavy atom. The van der Waals surface area contributed by atoms with E-state index in [2.05, 4.69) is 50.9 Å². The molecule has 7 aromatic rings. The number of pyridine rings is 2. The Hall–Kier alpha value is -4.51. The second-order valence-corrected chi connectivity index (χ2v) is 9.05. The number of nitrogens with zero attached hydrogens (tertiary/aromatic N) is 3. The molecule has 3 heterocycles. The first-order valence-electron chi connectivity index (χ1n) is 14.0. The summed E-state index contributed by atoms with van der Waals surface area (Å²) in [6.45, 7) is -2.15. The third-order valence-electron chi connectivity index (χ3n) is 6.44. The van der Waals surface area contributed by atoms with E-state index in [1.54, 1.807) is 18.2 Å². The summed E-state index contributed by atoms with van der Waals surface area (Å²) in [6.07, 6.45) is 3.20. The van der Waals surface area contributed by atoms with Crippen molar-refractivity contribution in [3.8, 4) is 28.2 Å². The normalized spacial score (nSPS) is 12.0. The van der Waals surface area contributed by atoms with Gasteiger partial charge in [0.15, 0.2) is 0 Å². The topological polar surface area (TPSA) is 30.7 Å². The van der Waals surface area contributed by atoms with Gasteiger partial charge in [-0.1, -0.05) is 54.6 Å². The maximum Gasteiger partial charge on any atom is 0.0541 e. The van der Waals surface area contributed by atoms with Gasteiger partial charge in [-0.3, -0.25) is 8.78 Å². The SMILES string of the molecule is Fc1c[c-]c(-c2cc3c(cn2)c2ccccc2n3-c2ccccc2)cc1.[2H]C([2H])([2H])c1ccc(-c2[c-]cc(F)cc2)nc1.[Ir]. The Morgan fingerprint density at radius 2 is 1.32 bits per heavy atom. The largest absolute Gasteiger partial charge is 0.310 e. The minimum absolute atomic E-state index is 0. The molecule has 0 fully saturated rings. The molecule has 0 aliphatic rings. The molecule has 0 amide bonds. The van der Waals surface area contributed by atoms with Gasteiger partial charge in [0, 0.05) is 70.2 Å². The molecule has 0 spiro atoms. The Balaban J connectivity index is 0.000000187. The Bertz CT molecular complexity index is 2010. The van der Waals surface area contributed by atoms with E-state index in [0.29, 0.717) is 11.3 Å². The van der Waals surface area contributed by atoms with Crippen molar-refractivity contribution in [2.75, 3.05) is 0 Å². The number of hydrogen-bond acceptors (Lipinski definition) is 2. The minimum atomic E-state index is -2.15. The Morgan fingerprint density at radius 1 is 0.659 bits per heavy atom. The summed E-state index contributed by atoms with van der Waals surface area (Å²) in [4.78, 5) is 8.63. The minimum Gasteiger partial charge on any atom is -0.310 e. The van der Waals surface area contributed by atoms with Gasteiger partial charge in [-0.15, -0.1) is 59.7 Å². The molecule has 3 aromatic heterocycles. The number of aromatic nitrogens is 3. The number of para-hydroxylation sites is 2. The summed E-state index contributed by atoms with van der Waals surface area (Å²) in [7, 11) is 0. The molecule has 0 bridgehead atoms. The van der Waals surface area contributed by atoms with Crippen LogP contribution in [0.3, 0.4) is 0 Å². The van der Waals surface area contributed by atoms with Gasteiger partial charge in [-0.2, -0.15) is 0 Å². The van der Waals surface area contributed by atoms with Gasteiger partial charge in [-0.05, 0) is 42.0 Å². The molecule has 4 aromatic carbocycles. The average Bonchev–Trinajstić information content (AvgIpc) is 3.36. The number of benzene rings is 4. The first-order chi connectivity index (χ1) is 20.8. The van der Waals surface area contributed by atoms with E-state index >= 15 is 0 Å². The van der Waals surface area contributed by atoms with Gasteiger partial charge in [0.05, 0.1) is 5.52 Å². The standard InChI is InChI=1S/C23H14FN2.C12H9FN.Ir/c24-17-12-10-16(11-13-17)21-14-23-20(15-25-21)19-8-4-5-9-22(19)26(23)18-6-2-1-3-7-18;1-9-2-7-12(14-8-9)10-3-5-11(13)6-4-10;/h1-10,12-15H;2-3,5-8H,1H3;/q2*-1;/i;1D3;. The molecule has 6 heteroatoms. The fraction of sp³-hybridized carbons (Fsp3) is 0.0286. The maximum atomic E-state index is 13.2. The van der Waals surface area contributed by atoms with Gasteiger partial charge in [0.25, 0.3) is 0 Å². The quantitative estimate of drug-likeness (QED) is 0.171. The van der Waals surface area contributed by atoms with Crippen molar-refractivity contribution in [2.45, 2.75) is 6.85 Å². The summed E-state index contributed by atoms with van der Waals surface area (Å²) >= 11 is 0. The monoisotopic (exact) mass is 719 g/mol. The summed E-state index contributed by atoms with van der Waals surface area (Å²) in [5, 5.41) is 2.25. The number of fused-ring (bicyclic) bond motifs is 3. The number of aryl methyl sites for hydroxylation is 1. The molecular weight excluding hydrogens is 693 g/mol. The van der Waals surface area contributed by atoms with Gasteiger partial charge in [-0.25, -0.2) is 0 Å². The van der Waals surface area contributed by atoms with Crippen molar-refractivity contribution in [1.82, 2.24) is 14.5 Å². The van der Waals surface area contributed by atoms with Crippen LogP contribution in [0.15, 0.2) is 122 Å². The molecule has 0 atom stereocenters. The van der Waals surface area contributed by atoms with Gasteiger partial charge in [0.1, 0.15) is 0 Å². The van der Waals surface area contributed by atoms with Crippen LogP contribution in [0.4, 0.5) is 8.78 Å². The molecule has 3 nitrogen and oxygen atoms in total. The molecule has 0 unspecified atom stereocenters. The molecule has 0 N–H and O–H groups in total. The van der Waals surface area contributed by atoms with E-state index in [-0.39, 0.29) is 37.3 Å². The van der Waals surface area contributed by atoms with Gasteiger partial charge in [0.2, 0.25) is 0 Å². The van der Waals surface area contributed by atoms with Crippen LogP contribution in [0.2, 0.25) is 0 Å². The number of halogens is 2. The van der Waals surface area contributed by atoms with E-state index in [1.807, 2.05) is 42.6 Å². The van der Waals surface area contributed by atoms with Crippen molar-refractivity contribution < 1.29 is 33.0 Å². The van der Waals surface area contributed by atoms with E-state index < -0.39 is 6.85 Å². The molecule has 0 aliphatic heterocycles. The van der Waals surface area contributed by atoms with E-state index in [1.165, 1.54) is 36.5 Å². The zero-order valence-electron chi connectivity index (χ0n) is 24.5. The molecule has 41 heavy (non-hydrogen) atoms. The van der Waals surface area contributed by atoms with Crippen LogP contribution in [0.5, 0.6) is 0 Å². The van der Waals surface area contributed by atoms with Crippen LogP contribution in [-0.4, -0.2) is 14.5 Å². The fourth-order valence-corrected chi connectivity index (χ4v) is 4.55. The van der Waals surface area contributed by atoms with Gasteiger partial charge < -0.3 is 14.5 Å². The molecule has 0 saturated heterocycles. The van der Waals surface area contributed by atoms with Crippen molar-refractivity contribution in [3.63, 3.8) is 0 Å². The Kier molecular flexibility index (Phi) is 7.31. The summed E-state index contributed by atoms with van der Waals surface area (Å²) in [6, 6.07) is 38.0. The predicted molar refractivity (Wildman–Crippen MR) is 156 cm³/mol. The van der Waals surface area contributed by atoms with E-state index in [0.717, 1.165) is 38.8 Å². The fourth-order valence-electron chi connectivity index (χ4n) is 4.55. The van der Waals surface area contributed by atoms with E-state index in [9.17, 15) is 8.78 Å². The second-order valence-electron chi connectivity index (χ2n) is 9.05. The predicted octanol–water partition coefficient (Wildman–Crippen LogP) is 8.78. The van der Waals surface area contributed by atoms with Crippen molar-refractivity contribution in [2.24, 2.45) is 0 Å². The molecular formula is C35H23F2IrN3-2.